The second-order valence-corrected chi connectivity index (χ2v) is 8.05. The Labute approximate surface area is 135 Å². The summed E-state index contributed by atoms with van der Waals surface area (Å²) < 4.78 is 34.1. The van der Waals surface area contributed by atoms with Gasteiger partial charge in [-0.1, -0.05) is 5.16 Å². The third kappa shape index (κ3) is 2.67. The average molecular weight is 339 g/mol. The van der Waals surface area contributed by atoms with Crippen molar-refractivity contribution in [1.29, 1.82) is 0 Å². The fourth-order valence-corrected chi connectivity index (χ4v) is 5.03. The lowest BCUT2D eigenvalue weighted by Gasteiger charge is -2.17. The first-order chi connectivity index (χ1) is 10.8. The molecule has 3 heterocycles. The molecule has 8 nitrogen and oxygen atoms in total. The first kappa shape index (κ1) is 16.1. The molecule has 0 bridgehead atoms. The number of aromatic nitrogens is 4. The van der Waals surface area contributed by atoms with Gasteiger partial charge in [0.2, 0.25) is 16.4 Å². The van der Waals surface area contributed by atoms with Gasteiger partial charge in [0.1, 0.15) is 4.90 Å². The molecule has 0 radical (unpaired) electrons. The lowest BCUT2D eigenvalue weighted by molar-refractivity contribution is 0.403. The summed E-state index contributed by atoms with van der Waals surface area (Å²) in [6, 6.07) is 0.114. The predicted octanol–water partition coefficient (Wildman–Crippen LogP) is 1.64. The van der Waals surface area contributed by atoms with E-state index in [0.717, 1.165) is 0 Å². The van der Waals surface area contributed by atoms with E-state index in [2.05, 4.69) is 15.2 Å². The molecule has 0 unspecified atom stereocenters. The van der Waals surface area contributed by atoms with Gasteiger partial charge < -0.3 is 4.52 Å². The fourth-order valence-electron chi connectivity index (χ4n) is 3.17. The zero-order valence-corrected chi connectivity index (χ0v) is 14.5. The molecule has 0 N–H and O–H groups in total. The second-order valence-electron chi connectivity index (χ2n) is 6.18. The highest BCUT2D eigenvalue weighted by Crippen LogP contribution is 2.32. The lowest BCUT2D eigenvalue weighted by Crippen LogP contribution is -2.29. The molecule has 2 aromatic rings. The molecule has 1 saturated heterocycles. The normalized spacial score (nSPS) is 19.8. The van der Waals surface area contributed by atoms with Gasteiger partial charge in [-0.3, -0.25) is 4.68 Å². The van der Waals surface area contributed by atoms with Crippen LogP contribution in [0.15, 0.2) is 15.8 Å². The zero-order chi connectivity index (χ0) is 16.8. The van der Waals surface area contributed by atoms with Crippen molar-refractivity contribution >= 4 is 10.0 Å². The number of rotatable bonds is 4. The van der Waals surface area contributed by atoms with Crippen molar-refractivity contribution in [2.45, 2.75) is 51.0 Å². The minimum absolute atomic E-state index is 0.0238. The Morgan fingerprint density at radius 1 is 1.35 bits per heavy atom. The smallest absolute Gasteiger partial charge is 0.246 e. The Kier molecular flexibility index (Phi) is 4.01. The van der Waals surface area contributed by atoms with Crippen LogP contribution >= 0.6 is 0 Å². The van der Waals surface area contributed by atoms with Gasteiger partial charge in [-0.2, -0.15) is 14.4 Å². The van der Waals surface area contributed by atoms with Crippen molar-refractivity contribution in [3.8, 4) is 0 Å². The monoisotopic (exact) mass is 339 g/mol. The molecule has 0 amide bonds. The van der Waals surface area contributed by atoms with Crippen LogP contribution in [0.4, 0.5) is 0 Å². The van der Waals surface area contributed by atoms with Crippen LogP contribution in [0.25, 0.3) is 0 Å². The molecule has 2 aromatic heterocycles. The highest BCUT2D eigenvalue weighted by molar-refractivity contribution is 7.89. The first-order valence-electron chi connectivity index (χ1n) is 7.64. The molecule has 0 aliphatic carbocycles. The van der Waals surface area contributed by atoms with Gasteiger partial charge in [-0.05, 0) is 34.1 Å². The number of hydrogen-bond acceptors (Lipinski definition) is 6. The quantitative estimate of drug-likeness (QED) is 0.840. The van der Waals surface area contributed by atoms with E-state index < -0.39 is 10.0 Å². The highest BCUT2D eigenvalue weighted by atomic mass is 32.2. The molecule has 23 heavy (non-hydrogen) atoms. The first-order valence-corrected chi connectivity index (χ1v) is 9.08. The predicted molar refractivity (Wildman–Crippen MR) is 82.5 cm³/mol. The van der Waals surface area contributed by atoms with Crippen molar-refractivity contribution < 1.29 is 12.9 Å². The van der Waals surface area contributed by atoms with Gasteiger partial charge in [0.25, 0.3) is 0 Å². The second kappa shape index (κ2) is 5.72. The minimum Gasteiger partial charge on any atom is -0.343 e. The zero-order valence-electron chi connectivity index (χ0n) is 13.7. The van der Waals surface area contributed by atoms with Crippen LogP contribution in [-0.2, 0) is 10.0 Å². The van der Waals surface area contributed by atoms with E-state index >= 15 is 0 Å². The SMILES string of the molecule is Cc1nn(C(C)C)c(C)c1S(=O)(=O)N1CC[C@@H](c2ncon2)C1. The molecule has 9 heteroatoms. The van der Waals surface area contributed by atoms with Gasteiger partial charge in [-0.25, -0.2) is 8.42 Å². The summed E-state index contributed by atoms with van der Waals surface area (Å²) >= 11 is 0. The Bertz CT molecular complexity index is 795. The molecule has 0 aromatic carbocycles. The van der Waals surface area contributed by atoms with Crippen molar-refractivity contribution in [2.75, 3.05) is 13.1 Å². The standard InChI is InChI=1S/C14H21N5O3S/c1-9(2)19-11(4)13(10(3)16-19)23(20,21)18-6-5-12(7-18)14-15-8-22-17-14/h8-9,12H,5-7H2,1-4H3/t12-/m1/s1. The summed E-state index contributed by atoms with van der Waals surface area (Å²) in [6.07, 6.45) is 1.96. The molecule has 1 atom stereocenters. The van der Waals surface area contributed by atoms with E-state index in [-0.39, 0.29) is 12.0 Å². The number of aryl methyl sites for hydroxylation is 1. The third-order valence-electron chi connectivity index (χ3n) is 4.24. The fraction of sp³-hybridized carbons (Fsp3) is 0.643. The largest absolute Gasteiger partial charge is 0.343 e. The van der Waals surface area contributed by atoms with Gasteiger partial charge in [0, 0.05) is 25.0 Å². The maximum absolute atomic E-state index is 13.0. The van der Waals surface area contributed by atoms with Crippen LogP contribution in [0.2, 0.25) is 0 Å². The molecule has 0 spiro atoms. The van der Waals surface area contributed by atoms with Crippen LogP contribution in [0.1, 0.15) is 49.4 Å². The highest BCUT2D eigenvalue weighted by Gasteiger charge is 2.38. The Balaban J connectivity index is 1.91. The lowest BCUT2D eigenvalue weighted by atomic mass is 10.1. The molecular formula is C14H21N5O3S. The van der Waals surface area contributed by atoms with E-state index in [1.54, 1.807) is 18.5 Å². The summed E-state index contributed by atoms with van der Waals surface area (Å²) in [5.41, 5.74) is 1.22. The van der Waals surface area contributed by atoms with Crippen LogP contribution in [0, 0.1) is 13.8 Å². The average Bonchev–Trinajstić information content (AvgIpc) is 3.16. The van der Waals surface area contributed by atoms with E-state index in [1.165, 1.54) is 10.7 Å². The molecule has 3 rings (SSSR count). The topological polar surface area (TPSA) is 94.1 Å². The summed E-state index contributed by atoms with van der Waals surface area (Å²) in [6.45, 7) is 8.34. The van der Waals surface area contributed by atoms with Gasteiger partial charge >= 0.3 is 0 Å². The summed E-state index contributed by atoms with van der Waals surface area (Å²) in [5, 5.41) is 8.21. The van der Waals surface area contributed by atoms with Crippen molar-refractivity contribution in [1.82, 2.24) is 24.2 Å². The van der Waals surface area contributed by atoms with Crippen molar-refractivity contribution in [2.24, 2.45) is 0 Å². The van der Waals surface area contributed by atoms with Gasteiger partial charge in [0.05, 0.1) is 11.4 Å². The van der Waals surface area contributed by atoms with Crippen LogP contribution < -0.4 is 0 Å². The number of hydrogen-bond donors (Lipinski definition) is 0. The molecule has 126 valence electrons. The van der Waals surface area contributed by atoms with Crippen molar-refractivity contribution in [3.05, 3.63) is 23.6 Å². The number of sulfonamides is 1. The minimum atomic E-state index is -3.57. The molecule has 0 saturated carbocycles. The molecule has 1 fully saturated rings. The Morgan fingerprint density at radius 2 is 2.09 bits per heavy atom. The Morgan fingerprint density at radius 3 is 2.65 bits per heavy atom. The van der Waals surface area contributed by atoms with Crippen LogP contribution in [0.3, 0.4) is 0 Å². The number of nitrogens with zero attached hydrogens (tertiary/aromatic N) is 5. The van der Waals surface area contributed by atoms with E-state index in [4.69, 9.17) is 4.52 Å². The van der Waals surface area contributed by atoms with Crippen LogP contribution in [-0.4, -0.2) is 45.7 Å². The van der Waals surface area contributed by atoms with Crippen LogP contribution in [0.5, 0.6) is 0 Å². The summed E-state index contributed by atoms with van der Waals surface area (Å²) in [4.78, 5) is 4.35. The van der Waals surface area contributed by atoms with E-state index in [1.807, 2.05) is 13.8 Å². The van der Waals surface area contributed by atoms with Crippen molar-refractivity contribution in [3.63, 3.8) is 0 Å². The summed E-state index contributed by atoms with van der Waals surface area (Å²) in [7, 11) is -3.57. The van der Waals surface area contributed by atoms with E-state index in [9.17, 15) is 8.42 Å². The molecular weight excluding hydrogens is 318 g/mol. The Hall–Kier alpha value is -1.74. The molecule has 1 aliphatic rings. The van der Waals surface area contributed by atoms with E-state index in [0.29, 0.717) is 41.6 Å². The molecule has 1 aliphatic heterocycles. The van der Waals surface area contributed by atoms with Gasteiger partial charge in [-0.15, -0.1) is 0 Å². The maximum atomic E-state index is 13.0. The van der Waals surface area contributed by atoms with Gasteiger partial charge in [0.15, 0.2) is 5.82 Å². The third-order valence-corrected chi connectivity index (χ3v) is 6.36. The maximum Gasteiger partial charge on any atom is 0.246 e. The summed E-state index contributed by atoms with van der Waals surface area (Å²) in [5.74, 6) is 0.540.